The van der Waals surface area contributed by atoms with Crippen LogP contribution in [0.4, 0.5) is 11.4 Å². The SMILES string of the molecule is O=C(COC(=O)COc1ccccc1[N+](=O)[O-])Nc1ccc(Cl)c(Cl)c1. The van der Waals surface area contributed by atoms with Crippen LogP contribution in [0.25, 0.3) is 0 Å². The van der Waals surface area contributed by atoms with Gasteiger partial charge in [-0.1, -0.05) is 35.3 Å². The first kappa shape index (κ1) is 19.5. The van der Waals surface area contributed by atoms with Gasteiger partial charge in [0.25, 0.3) is 5.91 Å². The van der Waals surface area contributed by atoms with Crippen molar-refractivity contribution in [1.82, 2.24) is 0 Å². The van der Waals surface area contributed by atoms with Crippen LogP contribution in [0.1, 0.15) is 0 Å². The smallest absolute Gasteiger partial charge is 0.344 e. The van der Waals surface area contributed by atoms with Crippen LogP contribution in [0.3, 0.4) is 0 Å². The monoisotopic (exact) mass is 398 g/mol. The molecule has 0 saturated heterocycles. The Labute approximate surface area is 157 Å². The number of rotatable bonds is 7. The predicted octanol–water partition coefficient (Wildman–Crippen LogP) is 3.46. The van der Waals surface area contributed by atoms with E-state index in [0.29, 0.717) is 10.7 Å². The number of halogens is 2. The normalized spacial score (nSPS) is 10.1. The van der Waals surface area contributed by atoms with Gasteiger partial charge >= 0.3 is 11.7 Å². The number of nitrogens with zero attached hydrogens (tertiary/aromatic N) is 1. The van der Waals surface area contributed by atoms with Crippen LogP contribution >= 0.6 is 23.2 Å². The van der Waals surface area contributed by atoms with Gasteiger partial charge in [-0.2, -0.15) is 0 Å². The largest absolute Gasteiger partial charge is 0.475 e. The molecule has 2 aromatic carbocycles. The third kappa shape index (κ3) is 5.61. The van der Waals surface area contributed by atoms with Crippen molar-refractivity contribution in [2.45, 2.75) is 0 Å². The maximum atomic E-state index is 11.7. The molecule has 136 valence electrons. The van der Waals surface area contributed by atoms with Crippen LogP contribution in [0.2, 0.25) is 10.0 Å². The van der Waals surface area contributed by atoms with Crippen molar-refractivity contribution in [3.63, 3.8) is 0 Å². The molecule has 10 heteroatoms. The maximum absolute atomic E-state index is 11.7. The van der Waals surface area contributed by atoms with Crippen molar-refractivity contribution in [3.8, 4) is 5.75 Å². The molecular formula is C16H12Cl2N2O6. The summed E-state index contributed by atoms with van der Waals surface area (Å²) in [6, 6.07) is 10.1. The van der Waals surface area contributed by atoms with Gasteiger partial charge in [-0.05, 0) is 24.3 Å². The first-order chi connectivity index (χ1) is 12.4. The quantitative estimate of drug-likeness (QED) is 0.434. The van der Waals surface area contributed by atoms with E-state index in [0.717, 1.165) is 0 Å². The van der Waals surface area contributed by atoms with E-state index in [-0.39, 0.29) is 16.5 Å². The molecule has 0 saturated carbocycles. The standard InChI is InChI=1S/C16H12Cl2N2O6/c17-11-6-5-10(7-12(11)18)19-15(21)8-26-16(22)9-25-14-4-2-1-3-13(14)20(23)24/h1-7H,8-9H2,(H,19,21). The Kier molecular flexibility index (Phi) is 6.76. The summed E-state index contributed by atoms with van der Waals surface area (Å²) in [5.74, 6) is -1.52. The van der Waals surface area contributed by atoms with Crippen molar-refractivity contribution >= 4 is 46.5 Å². The highest BCUT2D eigenvalue weighted by Crippen LogP contribution is 2.26. The molecule has 2 aromatic rings. The highest BCUT2D eigenvalue weighted by molar-refractivity contribution is 6.42. The van der Waals surface area contributed by atoms with Crippen LogP contribution in [-0.2, 0) is 14.3 Å². The van der Waals surface area contributed by atoms with Gasteiger partial charge in [-0.25, -0.2) is 4.79 Å². The molecule has 0 atom stereocenters. The fraction of sp³-hybridized carbons (Fsp3) is 0.125. The fourth-order valence-corrected chi connectivity index (χ4v) is 2.12. The average Bonchev–Trinajstić information content (AvgIpc) is 2.61. The second-order valence-electron chi connectivity index (χ2n) is 4.85. The lowest BCUT2D eigenvalue weighted by Crippen LogP contribution is -2.23. The van der Waals surface area contributed by atoms with E-state index in [2.05, 4.69) is 5.32 Å². The van der Waals surface area contributed by atoms with Crippen molar-refractivity contribution in [3.05, 3.63) is 62.6 Å². The van der Waals surface area contributed by atoms with Gasteiger partial charge in [0, 0.05) is 11.8 Å². The average molecular weight is 399 g/mol. The number of amides is 1. The number of hydrogen-bond acceptors (Lipinski definition) is 6. The molecule has 0 unspecified atom stereocenters. The van der Waals surface area contributed by atoms with Crippen LogP contribution in [0.5, 0.6) is 5.75 Å². The Morgan fingerprint density at radius 2 is 1.81 bits per heavy atom. The zero-order chi connectivity index (χ0) is 19.1. The van der Waals surface area contributed by atoms with Gasteiger partial charge < -0.3 is 14.8 Å². The molecular weight excluding hydrogens is 387 g/mol. The lowest BCUT2D eigenvalue weighted by atomic mass is 10.3. The van der Waals surface area contributed by atoms with E-state index in [1.165, 1.54) is 42.5 Å². The first-order valence-electron chi connectivity index (χ1n) is 7.13. The predicted molar refractivity (Wildman–Crippen MR) is 94.6 cm³/mol. The molecule has 26 heavy (non-hydrogen) atoms. The summed E-state index contributed by atoms with van der Waals surface area (Å²) in [7, 11) is 0. The zero-order valence-corrected chi connectivity index (χ0v) is 14.6. The Bertz CT molecular complexity index is 843. The highest BCUT2D eigenvalue weighted by Gasteiger charge is 2.16. The Morgan fingerprint density at radius 3 is 2.50 bits per heavy atom. The molecule has 2 rings (SSSR count). The molecule has 0 aromatic heterocycles. The number of hydrogen-bond donors (Lipinski definition) is 1. The summed E-state index contributed by atoms with van der Waals surface area (Å²) in [6.07, 6.45) is 0. The summed E-state index contributed by atoms with van der Waals surface area (Å²) in [6.45, 7) is -1.13. The molecule has 0 radical (unpaired) electrons. The number of benzene rings is 2. The zero-order valence-electron chi connectivity index (χ0n) is 13.1. The Balaban J connectivity index is 1.80. The number of ether oxygens (including phenoxy) is 2. The molecule has 0 aliphatic heterocycles. The summed E-state index contributed by atoms with van der Waals surface area (Å²) < 4.78 is 9.81. The number of nitrogens with one attached hydrogen (secondary N) is 1. The van der Waals surface area contributed by atoms with Crippen LogP contribution in [0, 0.1) is 10.1 Å². The fourth-order valence-electron chi connectivity index (χ4n) is 1.83. The van der Waals surface area contributed by atoms with Crippen LogP contribution in [0.15, 0.2) is 42.5 Å². The van der Waals surface area contributed by atoms with Crippen molar-refractivity contribution in [2.75, 3.05) is 18.5 Å². The van der Waals surface area contributed by atoms with E-state index in [9.17, 15) is 19.7 Å². The lowest BCUT2D eigenvalue weighted by molar-refractivity contribution is -0.385. The van der Waals surface area contributed by atoms with Gasteiger partial charge in [-0.15, -0.1) is 0 Å². The summed E-state index contributed by atoms with van der Waals surface area (Å²) in [5, 5.41) is 13.9. The molecule has 0 bridgehead atoms. The second-order valence-corrected chi connectivity index (χ2v) is 5.67. The first-order valence-corrected chi connectivity index (χ1v) is 7.89. The summed E-state index contributed by atoms with van der Waals surface area (Å²) in [4.78, 5) is 33.6. The van der Waals surface area contributed by atoms with Gasteiger partial charge in [0.05, 0.1) is 15.0 Å². The number of anilines is 1. The maximum Gasteiger partial charge on any atom is 0.344 e. The number of carbonyl (C=O) groups is 2. The van der Waals surface area contributed by atoms with Crippen LogP contribution < -0.4 is 10.1 Å². The number of para-hydroxylation sites is 2. The molecule has 0 heterocycles. The Hall–Kier alpha value is -2.84. The molecule has 8 nitrogen and oxygen atoms in total. The van der Waals surface area contributed by atoms with E-state index >= 15 is 0 Å². The molecule has 1 N–H and O–H groups in total. The summed E-state index contributed by atoms with van der Waals surface area (Å²) in [5.41, 5.74) is 0.106. The lowest BCUT2D eigenvalue weighted by Gasteiger charge is -2.08. The minimum absolute atomic E-state index is 0.0743. The number of nitro benzene ring substituents is 1. The van der Waals surface area contributed by atoms with E-state index in [1.807, 2.05) is 0 Å². The molecule has 0 spiro atoms. The minimum atomic E-state index is -0.854. The van der Waals surface area contributed by atoms with Gasteiger partial charge in [-0.3, -0.25) is 14.9 Å². The van der Waals surface area contributed by atoms with E-state index in [1.54, 1.807) is 0 Å². The van der Waals surface area contributed by atoms with Crippen molar-refractivity contribution < 1.29 is 24.0 Å². The van der Waals surface area contributed by atoms with Gasteiger partial charge in [0.2, 0.25) is 0 Å². The highest BCUT2D eigenvalue weighted by atomic mass is 35.5. The molecule has 0 fully saturated rings. The minimum Gasteiger partial charge on any atom is -0.475 e. The second kappa shape index (κ2) is 9.02. The third-order valence-electron chi connectivity index (χ3n) is 2.98. The third-order valence-corrected chi connectivity index (χ3v) is 3.71. The molecule has 1 amide bonds. The number of nitro groups is 1. The van der Waals surface area contributed by atoms with Crippen LogP contribution in [-0.4, -0.2) is 30.0 Å². The van der Waals surface area contributed by atoms with Gasteiger partial charge in [0.15, 0.2) is 19.0 Å². The molecule has 0 aliphatic carbocycles. The van der Waals surface area contributed by atoms with Gasteiger partial charge in [0.1, 0.15) is 0 Å². The van der Waals surface area contributed by atoms with E-state index < -0.39 is 30.0 Å². The van der Waals surface area contributed by atoms with Crippen molar-refractivity contribution in [2.24, 2.45) is 0 Å². The summed E-state index contributed by atoms with van der Waals surface area (Å²) >= 11 is 11.6. The van der Waals surface area contributed by atoms with Crippen molar-refractivity contribution in [1.29, 1.82) is 0 Å². The number of esters is 1. The molecule has 0 aliphatic rings. The number of carbonyl (C=O) groups excluding carboxylic acids is 2. The Morgan fingerprint density at radius 1 is 1.08 bits per heavy atom. The topological polar surface area (TPSA) is 108 Å². The van der Waals surface area contributed by atoms with E-state index in [4.69, 9.17) is 32.7 Å².